The molecule has 3 rings (SSSR count). The lowest BCUT2D eigenvalue weighted by Gasteiger charge is -2.39. The van der Waals surface area contributed by atoms with Crippen molar-refractivity contribution >= 4 is 6.08 Å². The minimum atomic E-state index is -1.09. The first kappa shape index (κ1) is 21.4. The molecular formula is C25H33NO3. The van der Waals surface area contributed by atoms with Gasteiger partial charge in [0.25, 0.3) is 0 Å². The third kappa shape index (κ3) is 4.65. The molecule has 2 atom stereocenters. The van der Waals surface area contributed by atoms with Crippen LogP contribution in [0.15, 0.2) is 54.1 Å². The van der Waals surface area contributed by atoms with Gasteiger partial charge in [0.05, 0.1) is 14.2 Å². The number of rotatable bonds is 6. The highest BCUT2D eigenvalue weighted by Crippen LogP contribution is 2.48. The van der Waals surface area contributed by atoms with Crippen LogP contribution >= 0.6 is 0 Å². The van der Waals surface area contributed by atoms with E-state index in [-0.39, 0.29) is 5.92 Å². The molecule has 4 heteroatoms. The maximum absolute atomic E-state index is 12.4. The molecule has 1 fully saturated rings. The standard InChI is InChI=1S/C25H33NO3/c1-26(2)18-21-12-6-5-11-20(16-19-10-9-13-22(17-19)28-3)25(21,27)23-14-7-8-15-24(23)29-4/h7-10,13-17,21,27H,5-6,11-12,18H2,1-4H3/b20-16+. The number of aliphatic hydroxyl groups is 1. The van der Waals surface area contributed by atoms with Gasteiger partial charge in [0.15, 0.2) is 0 Å². The third-order valence-corrected chi connectivity index (χ3v) is 5.87. The molecule has 2 aromatic rings. The number of methoxy groups -OCH3 is 2. The van der Waals surface area contributed by atoms with Gasteiger partial charge in [-0.25, -0.2) is 0 Å². The monoisotopic (exact) mass is 395 g/mol. The summed E-state index contributed by atoms with van der Waals surface area (Å²) < 4.78 is 11.1. The van der Waals surface area contributed by atoms with E-state index < -0.39 is 5.60 Å². The molecular weight excluding hydrogens is 362 g/mol. The van der Waals surface area contributed by atoms with Crippen LogP contribution in [0.5, 0.6) is 11.5 Å². The normalized spacial score (nSPS) is 23.8. The highest BCUT2D eigenvalue weighted by Gasteiger charge is 2.44. The van der Waals surface area contributed by atoms with Crippen LogP contribution in [-0.4, -0.2) is 44.9 Å². The number of hydrogen-bond acceptors (Lipinski definition) is 4. The van der Waals surface area contributed by atoms with Crippen molar-refractivity contribution in [2.45, 2.75) is 31.3 Å². The van der Waals surface area contributed by atoms with Crippen molar-refractivity contribution < 1.29 is 14.6 Å². The van der Waals surface area contributed by atoms with E-state index in [1.54, 1.807) is 14.2 Å². The summed E-state index contributed by atoms with van der Waals surface area (Å²) in [5.41, 5.74) is 1.85. The van der Waals surface area contributed by atoms with E-state index in [0.717, 1.165) is 60.4 Å². The lowest BCUT2D eigenvalue weighted by Crippen LogP contribution is -2.41. The lowest BCUT2D eigenvalue weighted by molar-refractivity contribution is -0.00134. The minimum absolute atomic E-state index is 0.0770. The molecule has 2 unspecified atom stereocenters. The van der Waals surface area contributed by atoms with Crippen molar-refractivity contribution in [1.29, 1.82) is 0 Å². The number of hydrogen-bond donors (Lipinski definition) is 1. The van der Waals surface area contributed by atoms with Gasteiger partial charge in [0, 0.05) is 18.0 Å². The molecule has 1 saturated carbocycles. The summed E-state index contributed by atoms with van der Waals surface area (Å²) >= 11 is 0. The fraction of sp³-hybridized carbons (Fsp3) is 0.440. The van der Waals surface area contributed by atoms with Gasteiger partial charge in [0.2, 0.25) is 0 Å². The molecule has 0 saturated heterocycles. The van der Waals surface area contributed by atoms with Crippen LogP contribution in [0.2, 0.25) is 0 Å². The fourth-order valence-corrected chi connectivity index (χ4v) is 4.50. The Kier molecular flexibility index (Phi) is 6.99. The lowest BCUT2D eigenvalue weighted by atomic mass is 9.73. The van der Waals surface area contributed by atoms with Gasteiger partial charge in [-0.3, -0.25) is 0 Å². The molecule has 4 nitrogen and oxygen atoms in total. The van der Waals surface area contributed by atoms with Crippen LogP contribution < -0.4 is 9.47 Å². The zero-order chi connectivity index (χ0) is 20.9. The first-order chi connectivity index (χ1) is 14.0. The van der Waals surface area contributed by atoms with Crippen LogP contribution in [0.3, 0.4) is 0 Å². The van der Waals surface area contributed by atoms with Crippen molar-refractivity contribution in [2.75, 3.05) is 34.9 Å². The summed E-state index contributed by atoms with van der Waals surface area (Å²) in [7, 11) is 7.49. The average molecular weight is 396 g/mol. The Hall–Kier alpha value is -2.30. The second kappa shape index (κ2) is 9.47. The Balaban J connectivity index is 2.18. The largest absolute Gasteiger partial charge is 0.497 e. The fourth-order valence-electron chi connectivity index (χ4n) is 4.50. The minimum Gasteiger partial charge on any atom is -0.497 e. The van der Waals surface area contributed by atoms with Gasteiger partial charge >= 0.3 is 0 Å². The smallest absolute Gasteiger partial charge is 0.125 e. The Morgan fingerprint density at radius 2 is 1.86 bits per heavy atom. The molecule has 156 valence electrons. The van der Waals surface area contributed by atoms with E-state index in [0.29, 0.717) is 0 Å². The van der Waals surface area contributed by atoms with Crippen molar-refractivity contribution in [2.24, 2.45) is 5.92 Å². The highest BCUT2D eigenvalue weighted by atomic mass is 16.5. The molecule has 29 heavy (non-hydrogen) atoms. The van der Waals surface area contributed by atoms with Crippen LogP contribution in [0.1, 0.15) is 36.8 Å². The van der Waals surface area contributed by atoms with Crippen molar-refractivity contribution in [3.63, 3.8) is 0 Å². The van der Waals surface area contributed by atoms with E-state index >= 15 is 0 Å². The molecule has 2 aromatic carbocycles. The second-order valence-electron chi connectivity index (χ2n) is 8.12. The Bertz CT molecular complexity index is 845. The van der Waals surface area contributed by atoms with Crippen LogP contribution in [0.4, 0.5) is 0 Å². The van der Waals surface area contributed by atoms with Gasteiger partial charge in [0.1, 0.15) is 17.1 Å². The zero-order valence-corrected chi connectivity index (χ0v) is 18.0. The number of nitrogens with zero attached hydrogens (tertiary/aromatic N) is 1. The molecule has 0 spiro atoms. The molecule has 1 aliphatic carbocycles. The van der Waals surface area contributed by atoms with E-state index in [2.05, 4.69) is 31.1 Å². The average Bonchev–Trinajstić information content (AvgIpc) is 2.88. The quantitative estimate of drug-likeness (QED) is 0.718. The Morgan fingerprint density at radius 3 is 2.59 bits per heavy atom. The van der Waals surface area contributed by atoms with Crippen LogP contribution in [0, 0.1) is 5.92 Å². The first-order valence-corrected chi connectivity index (χ1v) is 10.3. The maximum atomic E-state index is 12.4. The molecule has 1 N–H and O–H groups in total. The van der Waals surface area contributed by atoms with Crippen molar-refractivity contribution in [3.8, 4) is 11.5 Å². The van der Waals surface area contributed by atoms with Crippen molar-refractivity contribution in [1.82, 2.24) is 4.90 Å². The predicted octanol–water partition coefficient (Wildman–Crippen LogP) is 4.73. The molecule has 0 amide bonds. The number of para-hydroxylation sites is 1. The van der Waals surface area contributed by atoms with Gasteiger partial charge in [-0.05, 0) is 62.7 Å². The zero-order valence-electron chi connectivity index (χ0n) is 18.0. The van der Waals surface area contributed by atoms with Gasteiger partial charge in [-0.2, -0.15) is 0 Å². The van der Waals surface area contributed by atoms with Crippen LogP contribution in [0.25, 0.3) is 6.08 Å². The van der Waals surface area contributed by atoms with Gasteiger partial charge in [-0.1, -0.05) is 42.8 Å². The molecule has 0 radical (unpaired) electrons. The maximum Gasteiger partial charge on any atom is 0.125 e. The second-order valence-corrected chi connectivity index (χ2v) is 8.12. The summed E-state index contributed by atoms with van der Waals surface area (Å²) in [6.07, 6.45) is 6.14. The van der Waals surface area contributed by atoms with E-state index in [1.807, 2.05) is 42.5 Å². The van der Waals surface area contributed by atoms with E-state index in [4.69, 9.17) is 9.47 Å². The topological polar surface area (TPSA) is 41.9 Å². The van der Waals surface area contributed by atoms with E-state index in [1.165, 1.54) is 0 Å². The Labute approximate surface area is 174 Å². The van der Waals surface area contributed by atoms with Gasteiger partial charge < -0.3 is 19.5 Å². The SMILES string of the molecule is COc1cccc(/C=C2\CCCCC(CN(C)C)C2(O)c2ccccc2OC)c1. The number of ether oxygens (including phenoxy) is 2. The summed E-state index contributed by atoms with van der Waals surface area (Å²) in [5.74, 6) is 1.63. The summed E-state index contributed by atoms with van der Waals surface area (Å²) in [6, 6.07) is 15.9. The number of benzene rings is 2. The summed E-state index contributed by atoms with van der Waals surface area (Å²) in [6.45, 7) is 0.810. The third-order valence-electron chi connectivity index (χ3n) is 5.87. The molecule has 1 aliphatic rings. The molecule has 0 bridgehead atoms. The molecule has 0 heterocycles. The summed E-state index contributed by atoms with van der Waals surface area (Å²) in [4.78, 5) is 2.17. The van der Waals surface area contributed by atoms with Crippen LogP contribution in [-0.2, 0) is 5.60 Å². The summed E-state index contributed by atoms with van der Waals surface area (Å²) in [5, 5.41) is 12.4. The highest BCUT2D eigenvalue weighted by molar-refractivity contribution is 5.60. The van der Waals surface area contributed by atoms with Gasteiger partial charge in [-0.15, -0.1) is 0 Å². The van der Waals surface area contributed by atoms with E-state index in [9.17, 15) is 5.11 Å². The van der Waals surface area contributed by atoms with Crippen molar-refractivity contribution in [3.05, 3.63) is 65.2 Å². The predicted molar refractivity (Wildman–Crippen MR) is 118 cm³/mol. The molecule has 0 aliphatic heterocycles. The first-order valence-electron chi connectivity index (χ1n) is 10.3. The Morgan fingerprint density at radius 1 is 1.07 bits per heavy atom. The molecule has 0 aromatic heterocycles.